The highest BCUT2D eigenvalue weighted by molar-refractivity contribution is 4.90. The van der Waals surface area contributed by atoms with E-state index in [1.807, 2.05) is 0 Å². The number of rotatable bonds is 3. The van der Waals surface area contributed by atoms with Crippen LogP contribution in [0.25, 0.3) is 0 Å². The maximum Gasteiger partial charge on any atom is 0.0506 e. The van der Waals surface area contributed by atoms with Crippen molar-refractivity contribution in [2.75, 3.05) is 19.8 Å². The molecular weight excluding hydrogens is 186 g/mol. The Bertz CT molecular complexity index is 197. The molecule has 1 saturated heterocycles. The number of ether oxygens (including phenoxy) is 1. The minimum atomic E-state index is 0.509. The zero-order chi connectivity index (χ0) is 10.7. The predicted molar refractivity (Wildman–Crippen MR) is 63.0 cm³/mol. The molecule has 2 fully saturated rings. The fourth-order valence-electron chi connectivity index (χ4n) is 2.98. The van der Waals surface area contributed by atoms with Crippen molar-refractivity contribution in [2.45, 2.75) is 52.0 Å². The molecule has 0 amide bonds. The largest absolute Gasteiger partial charge is 0.381 e. The van der Waals surface area contributed by atoms with Crippen LogP contribution >= 0.6 is 0 Å². The Morgan fingerprint density at radius 3 is 2.73 bits per heavy atom. The van der Waals surface area contributed by atoms with E-state index in [0.29, 0.717) is 5.41 Å². The average Bonchev–Trinajstić information content (AvgIpc) is 2.56. The second kappa shape index (κ2) is 4.84. The maximum absolute atomic E-state index is 5.51. The van der Waals surface area contributed by atoms with E-state index < -0.39 is 0 Å². The van der Waals surface area contributed by atoms with Crippen LogP contribution in [0.3, 0.4) is 0 Å². The third-order valence-corrected chi connectivity index (χ3v) is 4.16. The van der Waals surface area contributed by atoms with Gasteiger partial charge in [0.05, 0.1) is 6.61 Å². The molecule has 2 heteroatoms. The first kappa shape index (κ1) is 11.4. The van der Waals surface area contributed by atoms with Crippen molar-refractivity contribution in [1.29, 1.82) is 0 Å². The average molecular weight is 211 g/mol. The number of hydrogen-bond acceptors (Lipinski definition) is 2. The van der Waals surface area contributed by atoms with Crippen LogP contribution in [0.1, 0.15) is 46.0 Å². The SMILES string of the molecule is CC1(C)CCCC1NCC1CCCOC1. The van der Waals surface area contributed by atoms with Crippen molar-refractivity contribution in [3.05, 3.63) is 0 Å². The summed E-state index contributed by atoms with van der Waals surface area (Å²) >= 11 is 0. The molecule has 1 aliphatic carbocycles. The summed E-state index contributed by atoms with van der Waals surface area (Å²) in [5.41, 5.74) is 0.509. The Morgan fingerprint density at radius 1 is 1.27 bits per heavy atom. The molecule has 0 radical (unpaired) electrons. The Labute approximate surface area is 93.8 Å². The molecule has 2 rings (SSSR count). The molecule has 0 bridgehead atoms. The summed E-state index contributed by atoms with van der Waals surface area (Å²) in [6.45, 7) is 7.91. The summed E-state index contributed by atoms with van der Waals surface area (Å²) in [4.78, 5) is 0. The molecule has 2 unspecified atom stereocenters. The van der Waals surface area contributed by atoms with Gasteiger partial charge in [-0.15, -0.1) is 0 Å². The van der Waals surface area contributed by atoms with Gasteiger partial charge < -0.3 is 10.1 Å². The highest BCUT2D eigenvalue weighted by Crippen LogP contribution is 2.37. The lowest BCUT2D eigenvalue weighted by atomic mass is 9.87. The first-order valence-electron chi connectivity index (χ1n) is 6.49. The highest BCUT2D eigenvalue weighted by Gasteiger charge is 2.34. The van der Waals surface area contributed by atoms with Crippen LogP contribution in [0.5, 0.6) is 0 Å². The zero-order valence-electron chi connectivity index (χ0n) is 10.2. The lowest BCUT2D eigenvalue weighted by Gasteiger charge is -2.30. The fourth-order valence-corrected chi connectivity index (χ4v) is 2.98. The Balaban J connectivity index is 1.72. The van der Waals surface area contributed by atoms with Crippen LogP contribution in [0.2, 0.25) is 0 Å². The van der Waals surface area contributed by atoms with Crippen molar-refractivity contribution < 1.29 is 4.74 Å². The summed E-state index contributed by atoms with van der Waals surface area (Å²) in [6.07, 6.45) is 6.73. The van der Waals surface area contributed by atoms with Crippen LogP contribution in [-0.2, 0) is 4.74 Å². The maximum atomic E-state index is 5.51. The lowest BCUT2D eigenvalue weighted by Crippen LogP contribution is -2.41. The van der Waals surface area contributed by atoms with E-state index in [9.17, 15) is 0 Å². The standard InChI is InChI=1S/C13H25NO/c1-13(2)7-3-6-12(13)14-9-11-5-4-8-15-10-11/h11-12,14H,3-10H2,1-2H3. The van der Waals surface area contributed by atoms with Crippen LogP contribution in [0.4, 0.5) is 0 Å². The van der Waals surface area contributed by atoms with Gasteiger partial charge in [0.25, 0.3) is 0 Å². The van der Waals surface area contributed by atoms with Gasteiger partial charge in [-0.3, -0.25) is 0 Å². The van der Waals surface area contributed by atoms with Gasteiger partial charge in [0, 0.05) is 19.2 Å². The first-order chi connectivity index (χ1) is 7.18. The second-order valence-electron chi connectivity index (χ2n) is 5.92. The van der Waals surface area contributed by atoms with Gasteiger partial charge in [0.15, 0.2) is 0 Å². The third kappa shape index (κ3) is 2.94. The summed E-state index contributed by atoms with van der Waals surface area (Å²) in [7, 11) is 0. The van der Waals surface area contributed by atoms with Gasteiger partial charge >= 0.3 is 0 Å². The molecule has 2 aliphatic rings. The minimum Gasteiger partial charge on any atom is -0.381 e. The van der Waals surface area contributed by atoms with Gasteiger partial charge in [0.1, 0.15) is 0 Å². The Morgan fingerprint density at radius 2 is 2.13 bits per heavy atom. The van der Waals surface area contributed by atoms with Crippen LogP contribution in [0, 0.1) is 11.3 Å². The second-order valence-corrected chi connectivity index (χ2v) is 5.92. The molecule has 2 atom stereocenters. The van der Waals surface area contributed by atoms with Crippen molar-refractivity contribution in [1.82, 2.24) is 5.32 Å². The quantitative estimate of drug-likeness (QED) is 0.774. The summed E-state index contributed by atoms with van der Waals surface area (Å²) in [5.74, 6) is 0.759. The molecule has 0 aromatic rings. The molecular formula is C13H25NO. The van der Waals surface area contributed by atoms with Crippen molar-refractivity contribution in [3.8, 4) is 0 Å². The lowest BCUT2D eigenvalue weighted by molar-refractivity contribution is 0.0523. The normalized spacial score (nSPS) is 35.6. The summed E-state index contributed by atoms with van der Waals surface area (Å²) in [5, 5.41) is 3.76. The monoisotopic (exact) mass is 211 g/mol. The van der Waals surface area contributed by atoms with E-state index in [1.54, 1.807) is 0 Å². The molecule has 88 valence electrons. The molecule has 1 N–H and O–H groups in total. The Hall–Kier alpha value is -0.0800. The molecule has 1 saturated carbocycles. The van der Waals surface area contributed by atoms with E-state index in [-0.39, 0.29) is 0 Å². The van der Waals surface area contributed by atoms with Gasteiger partial charge in [0.2, 0.25) is 0 Å². The van der Waals surface area contributed by atoms with E-state index in [2.05, 4.69) is 19.2 Å². The smallest absolute Gasteiger partial charge is 0.0506 e. The molecule has 1 heterocycles. The van der Waals surface area contributed by atoms with Gasteiger partial charge in [-0.2, -0.15) is 0 Å². The topological polar surface area (TPSA) is 21.3 Å². The van der Waals surface area contributed by atoms with Crippen molar-refractivity contribution in [3.63, 3.8) is 0 Å². The van der Waals surface area contributed by atoms with E-state index in [4.69, 9.17) is 4.74 Å². The van der Waals surface area contributed by atoms with E-state index >= 15 is 0 Å². The molecule has 0 aromatic carbocycles. The van der Waals surface area contributed by atoms with Crippen LogP contribution in [-0.4, -0.2) is 25.8 Å². The molecule has 0 aromatic heterocycles. The molecule has 0 spiro atoms. The summed E-state index contributed by atoms with van der Waals surface area (Å²) in [6, 6.07) is 0.736. The van der Waals surface area contributed by atoms with Crippen LogP contribution < -0.4 is 5.32 Å². The van der Waals surface area contributed by atoms with Gasteiger partial charge in [-0.05, 0) is 37.0 Å². The van der Waals surface area contributed by atoms with Gasteiger partial charge in [-0.25, -0.2) is 0 Å². The zero-order valence-corrected chi connectivity index (χ0v) is 10.2. The highest BCUT2D eigenvalue weighted by atomic mass is 16.5. The van der Waals surface area contributed by atoms with Crippen LogP contribution in [0.15, 0.2) is 0 Å². The fraction of sp³-hybridized carbons (Fsp3) is 1.00. The van der Waals surface area contributed by atoms with Gasteiger partial charge in [-0.1, -0.05) is 20.3 Å². The third-order valence-electron chi connectivity index (χ3n) is 4.16. The van der Waals surface area contributed by atoms with Crippen molar-refractivity contribution >= 4 is 0 Å². The minimum absolute atomic E-state index is 0.509. The number of hydrogen-bond donors (Lipinski definition) is 1. The molecule has 2 nitrogen and oxygen atoms in total. The van der Waals surface area contributed by atoms with E-state index in [1.165, 1.54) is 32.1 Å². The van der Waals surface area contributed by atoms with Crippen molar-refractivity contribution in [2.24, 2.45) is 11.3 Å². The Kier molecular flexibility index (Phi) is 3.68. The predicted octanol–water partition coefficient (Wildman–Crippen LogP) is 2.58. The molecule has 15 heavy (non-hydrogen) atoms. The number of nitrogens with one attached hydrogen (secondary N) is 1. The van der Waals surface area contributed by atoms with E-state index in [0.717, 1.165) is 31.7 Å². The first-order valence-corrected chi connectivity index (χ1v) is 6.49. The molecule has 1 aliphatic heterocycles. The summed E-state index contributed by atoms with van der Waals surface area (Å²) < 4.78 is 5.51.